The van der Waals surface area contributed by atoms with Gasteiger partial charge >= 0.3 is 0 Å². The van der Waals surface area contributed by atoms with E-state index >= 15 is 0 Å². The van der Waals surface area contributed by atoms with E-state index in [-0.39, 0.29) is 11.6 Å². The van der Waals surface area contributed by atoms with E-state index in [1.54, 1.807) is 16.8 Å². The molecule has 0 aliphatic heterocycles. The van der Waals surface area contributed by atoms with Crippen LogP contribution in [0.1, 0.15) is 17.4 Å². The summed E-state index contributed by atoms with van der Waals surface area (Å²) in [4.78, 5) is 21.8. The Morgan fingerprint density at radius 1 is 1.03 bits per heavy atom. The molecule has 0 radical (unpaired) electrons. The van der Waals surface area contributed by atoms with E-state index in [1.165, 1.54) is 43.2 Å². The fourth-order valence-corrected chi connectivity index (χ4v) is 3.64. The second-order valence-corrected chi connectivity index (χ2v) is 7.71. The molecule has 0 N–H and O–H groups in total. The summed E-state index contributed by atoms with van der Waals surface area (Å²) in [6.45, 7) is 1.44. The average Bonchev–Trinajstić information content (AvgIpc) is 3.14. The quantitative estimate of drug-likeness (QED) is 0.397. The first kappa shape index (κ1) is 19.3. The summed E-state index contributed by atoms with van der Waals surface area (Å²) < 4.78 is 14.9. The minimum atomic E-state index is -0.317. The first-order valence-corrected chi connectivity index (χ1v) is 9.81. The molecule has 0 spiro atoms. The van der Waals surface area contributed by atoms with Crippen molar-refractivity contribution < 1.29 is 9.18 Å². The van der Waals surface area contributed by atoms with E-state index in [1.807, 2.05) is 30.5 Å². The van der Waals surface area contributed by atoms with Crippen molar-refractivity contribution in [3.05, 3.63) is 83.7 Å². The number of hydrogen-bond acceptors (Lipinski definition) is 5. The van der Waals surface area contributed by atoms with Crippen LogP contribution < -0.4 is 0 Å². The maximum atomic E-state index is 13.3. The van der Waals surface area contributed by atoms with Gasteiger partial charge in [-0.2, -0.15) is 5.10 Å². The number of hydrogen-bond donors (Lipinski definition) is 0. The van der Waals surface area contributed by atoms with E-state index in [0.29, 0.717) is 27.8 Å². The summed E-state index contributed by atoms with van der Waals surface area (Å²) in [6.07, 6.45) is 4.81. The molecule has 0 fully saturated rings. The Hall–Kier alpha value is -3.03. The second kappa shape index (κ2) is 8.14. The van der Waals surface area contributed by atoms with Crippen molar-refractivity contribution in [2.45, 2.75) is 16.7 Å². The Balaban J connectivity index is 1.77. The van der Waals surface area contributed by atoms with Gasteiger partial charge in [-0.3, -0.25) is 9.78 Å². The van der Waals surface area contributed by atoms with Gasteiger partial charge in [0.15, 0.2) is 5.78 Å². The van der Waals surface area contributed by atoms with Crippen LogP contribution >= 0.6 is 23.4 Å². The molecule has 4 aromatic rings. The maximum absolute atomic E-state index is 13.3. The lowest BCUT2D eigenvalue weighted by molar-refractivity contribution is 0.101. The SMILES string of the molecule is CC(=O)c1cnc(-c2nn(-c3ccc(F)cc3)cc2Sc2ccc(Cl)cc2)cn1. The number of benzene rings is 2. The lowest BCUT2D eigenvalue weighted by Gasteiger charge is -2.02. The highest BCUT2D eigenvalue weighted by Crippen LogP contribution is 2.35. The van der Waals surface area contributed by atoms with Gasteiger partial charge in [-0.15, -0.1) is 0 Å². The van der Waals surface area contributed by atoms with Crippen LogP contribution in [0.4, 0.5) is 4.39 Å². The minimum Gasteiger partial charge on any atom is -0.293 e. The molecule has 4 rings (SSSR count). The number of nitrogens with zero attached hydrogens (tertiary/aromatic N) is 4. The van der Waals surface area contributed by atoms with Crippen LogP contribution in [0.2, 0.25) is 5.02 Å². The first-order chi connectivity index (χ1) is 14.0. The van der Waals surface area contributed by atoms with Crippen LogP contribution in [0.15, 0.2) is 76.9 Å². The summed E-state index contributed by atoms with van der Waals surface area (Å²) in [5.41, 5.74) is 2.15. The maximum Gasteiger partial charge on any atom is 0.179 e. The normalized spacial score (nSPS) is 10.9. The summed E-state index contributed by atoms with van der Waals surface area (Å²) in [7, 11) is 0. The van der Waals surface area contributed by atoms with Crippen molar-refractivity contribution in [3.63, 3.8) is 0 Å². The van der Waals surface area contributed by atoms with Gasteiger partial charge in [0, 0.05) is 23.0 Å². The van der Waals surface area contributed by atoms with E-state index in [0.717, 1.165) is 9.79 Å². The molecule has 2 heterocycles. The number of rotatable bonds is 5. The zero-order valence-corrected chi connectivity index (χ0v) is 16.8. The highest BCUT2D eigenvalue weighted by molar-refractivity contribution is 7.99. The monoisotopic (exact) mass is 424 g/mol. The van der Waals surface area contributed by atoms with Crippen molar-refractivity contribution in [1.29, 1.82) is 0 Å². The third-order valence-electron chi connectivity index (χ3n) is 4.07. The number of Topliss-reactive ketones (excluding diaryl/α,β-unsaturated/α-hetero) is 1. The number of ketones is 1. The third kappa shape index (κ3) is 4.36. The van der Waals surface area contributed by atoms with Crippen molar-refractivity contribution in [2.75, 3.05) is 0 Å². The van der Waals surface area contributed by atoms with Crippen molar-refractivity contribution in [1.82, 2.24) is 19.7 Å². The van der Waals surface area contributed by atoms with Gasteiger partial charge in [0.1, 0.15) is 22.9 Å². The van der Waals surface area contributed by atoms with Gasteiger partial charge in [0.2, 0.25) is 0 Å². The van der Waals surface area contributed by atoms with Crippen LogP contribution in [0.25, 0.3) is 17.1 Å². The molecule has 8 heteroatoms. The molecule has 2 aromatic carbocycles. The van der Waals surface area contributed by atoms with Gasteiger partial charge in [-0.1, -0.05) is 23.4 Å². The Kier molecular flexibility index (Phi) is 5.42. The van der Waals surface area contributed by atoms with Gasteiger partial charge in [0.05, 0.1) is 23.0 Å². The average molecular weight is 425 g/mol. The highest BCUT2D eigenvalue weighted by Gasteiger charge is 2.16. The minimum absolute atomic E-state index is 0.156. The number of aromatic nitrogens is 4. The van der Waals surface area contributed by atoms with Crippen molar-refractivity contribution >= 4 is 29.1 Å². The molecule has 0 amide bonds. The van der Waals surface area contributed by atoms with Gasteiger partial charge in [-0.05, 0) is 48.5 Å². The second-order valence-electron chi connectivity index (χ2n) is 6.16. The Morgan fingerprint density at radius 3 is 2.38 bits per heavy atom. The predicted octanol–water partition coefficient (Wildman–Crippen LogP) is 5.48. The zero-order chi connectivity index (χ0) is 20.4. The molecule has 144 valence electrons. The molecular weight excluding hydrogens is 411 g/mol. The van der Waals surface area contributed by atoms with E-state index < -0.39 is 0 Å². The Bertz CT molecular complexity index is 1160. The standard InChI is InChI=1S/C21H14ClFN4OS/c1-13(28)18-10-25-19(11-24-18)21-20(29-17-8-2-14(22)3-9-17)12-27(26-21)16-6-4-15(23)5-7-16/h2-12H,1H3. The smallest absolute Gasteiger partial charge is 0.179 e. The predicted molar refractivity (Wildman–Crippen MR) is 110 cm³/mol. The van der Waals surface area contributed by atoms with Crippen molar-refractivity contribution in [2.24, 2.45) is 0 Å². The third-order valence-corrected chi connectivity index (χ3v) is 5.35. The Morgan fingerprint density at radius 2 is 1.76 bits per heavy atom. The summed E-state index contributed by atoms with van der Waals surface area (Å²) in [5.74, 6) is -0.473. The summed E-state index contributed by atoms with van der Waals surface area (Å²) in [5, 5.41) is 5.28. The molecule has 29 heavy (non-hydrogen) atoms. The van der Waals surface area contributed by atoms with E-state index in [2.05, 4.69) is 15.1 Å². The molecule has 0 saturated carbocycles. The number of halogens is 2. The lowest BCUT2D eigenvalue weighted by Crippen LogP contribution is -1.99. The Labute approximate surface area is 175 Å². The van der Waals surface area contributed by atoms with Gasteiger partial charge in [0.25, 0.3) is 0 Å². The van der Waals surface area contributed by atoms with Gasteiger partial charge in [-0.25, -0.2) is 14.1 Å². The van der Waals surface area contributed by atoms with Crippen LogP contribution in [-0.4, -0.2) is 25.5 Å². The molecule has 0 aliphatic carbocycles. The fraction of sp³-hybridized carbons (Fsp3) is 0.0476. The lowest BCUT2D eigenvalue weighted by atomic mass is 10.3. The number of carbonyl (C=O) groups excluding carboxylic acids is 1. The molecule has 5 nitrogen and oxygen atoms in total. The molecule has 0 unspecified atom stereocenters. The fourth-order valence-electron chi connectivity index (χ4n) is 2.60. The molecule has 0 aliphatic rings. The molecule has 0 saturated heterocycles. The van der Waals surface area contributed by atoms with E-state index in [4.69, 9.17) is 11.6 Å². The molecule has 0 atom stereocenters. The van der Waals surface area contributed by atoms with Crippen LogP contribution in [0.3, 0.4) is 0 Å². The molecule has 0 bridgehead atoms. The van der Waals surface area contributed by atoms with Crippen LogP contribution in [-0.2, 0) is 0 Å². The molecule has 2 aromatic heterocycles. The van der Waals surface area contributed by atoms with Gasteiger partial charge < -0.3 is 0 Å². The highest BCUT2D eigenvalue weighted by atomic mass is 35.5. The van der Waals surface area contributed by atoms with Crippen molar-refractivity contribution in [3.8, 4) is 17.1 Å². The summed E-state index contributed by atoms with van der Waals surface area (Å²) in [6, 6.07) is 13.5. The topological polar surface area (TPSA) is 60.7 Å². The largest absolute Gasteiger partial charge is 0.293 e. The van der Waals surface area contributed by atoms with Crippen LogP contribution in [0.5, 0.6) is 0 Å². The summed E-state index contributed by atoms with van der Waals surface area (Å²) >= 11 is 7.47. The van der Waals surface area contributed by atoms with Crippen LogP contribution in [0, 0.1) is 5.82 Å². The van der Waals surface area contributed by atoms with E-state index in [9.17, 15) is 9.18 Å². The zero-order valence-electron chi connectivity index (χ0n) is 15.2. The first-order valence-electron chi connectivity index (χ1n) is 8.62. The number of carbonyl (C=O) groups is 1. The molecular formula is C21H14ClFN4OS.